The molecule has 1 fully saturated rings. The van der Waals surface area contributed by atoms with Gasteiger partial charge < -0.3 is 9.47 Å². The van der Waals surface area contributed by atoms with Crippen molar-refractivity contribution in [3.8, 4) is 0 Å². The molecule has 2 heterocycles. The number of sulfone groups is 2. The molecule has 4 rings (SSSR count). The number of hydrogen-bond donors (Lipinski definition) is 0. The van der Waals surface area contributed by atoms with E-state index in [1.54, 1.807) is 60.7 Å². The van der Waals surface area contributed by atoms with Gasteiger partial charge >= 0.3 is 16.1 Å². The molecule has 0 saturated carbocycles. The van der Waals surface area contributed by atoms with Crippen molar-refractivity contribution in [2.45, 2.75) is 47.8 Å². The molecule has 2 aliphatic heterocycles. The third-order valence-corrected chi connectivity index (χ3v) is 11.3. The molecular weight excluding hydrogens is 510 g/mol. The molecule has 2 aromatic carbocycles. The van der Waals surface area contributed by atoms with Gasteiger partial charge in [0.1, 0.15) is 6.04 Å². The van der Waals surface area contributed by atoms with Gasteiger partial charge in [0.2, 0.25) is 0 Å². The Morgan fingerprint density at radius 2 is 1.33 bits per heavy atom. The molecule has 192 valence electrons. The molecule has 0 bridgehead atoms. The van der Waals surface area contributed by atoms with Crippen molar-refractivity contribution in [2.75, 3.05) is 6.54 Å². The molecule has 0 aromatic heterocycles. The highest BCUT2D eigenvalue weighted by atomic mass is 32.3. The van der Waals surface area contributed by atoms with Crippen LogP contribution in [0.5, 0.6) is 0 Å². The predicted octanol–water partition coefficient (Wildman–Crippen LogP) is 1.80. The Kier molecular flexibility index (Phi) is 6.88. The number of hydrogen-bond acceptors (Lipinski definition) is 11. The molecule has 0 unspecified atom stereocenters. The van der Waals surface area contributed by atoms with Crippen LogP contribution in [0.2, 0.25) is 0 Å². The highest BCUT2D eigenvalue weighted by Crippen LogP contribution is 2.47. The number of carbonyl (C=O) groups is 2. The van der Waals surface area contributed by atoms with Gasteiger partial charge in [0.25, 0.3) is 0 Å². The van der Waals surface area contributed by atoms with Gasteiger partial charge in [-0.15, -0.1) is 5.11 Å². The van der Waals surface area contributed by atoms with Crippen molar-refractivity contribution in [3.05, 3.63) is 71.8 Å². The highest BCUT2D eigenvalue weighted by molar-refractivity contribution is 8.09. The van der Waals surface area contributed by atoms with Crippen molar-refractivity contribution >= 4 is 31.6 Å². The Morgan fingerprint density at radius 3 is 1.78 bits per heavy atom. The van der Waals surface area contributed by atoms with E-state index in [-0.39, 0.29) is 6.54 Å². The first kappa shape index (κ1) is 25.8. The summed E-state index contributed by atoms with van der Waals surface area (Å²) in [6.45, 7) is 2.03. The second-order valence-corrected chi connectivity index (χ2v) is 13.1. The zero-order chi connectivity index (χ0) is 26.1. The summed E-state index contributed by atoms with van der Waals surface area (Å²) in [4.78, 5) is 23.7. The van der Waals surface area contributed by atoms with Crippen LogP contribution < -0.4 is 0 Å². The molecule has 0 aliphatic carbocycles. The zero-order valence-electron chi connectivity index (χ0n) is 19.6. The topological polar surface area (TPSA) is 149 Å². The smallest absolute Gasteiger partial charge is 0.308 e. The maximum absolute atomic E-state index is 14.1. The second kappa shape index (κ2) is 9.62. The third-order valence-electron chi connectivity index (χ3n) is 5.95. The maximum Gasteiger partial charge on any atom is 0.308 e. The first-order valence-electron chi connectivity index (χ1n) is 11.0. The van der Waals surface area contributed by atoms with Crippen molar-refractivity contribution in [2.24, 2.45) is 10.3 Å². The van der Waals surface area contributed by atoms with Gasteiger partial charge in [0, 0.05) is 13.8 Å². The highest BCUT2D eigenvalue weighted by Gasteiger charge is 2.72. The van der Waals surface area contributed by atoms with Gasteiger partial charge in [0.15, 0.2) is 31.9 Å². The van der Waals surface area contributed by atoms with Crippen LogP contribution in [-0.2, 0) is 50.2 Å². The van der Waals surface area contributed by atoms with E-state index in [9.17, 15) is 26.4 Å². The predicted molar refractivity (Wildman–Crippen MR) is 127 cm³/mol. The minimum absolute atomic E-state index is 0.199. The van der Waals surface area contributed by atoms with Crippen LogP contribution in [0.15, 0.2) is 71.0 Å². The molecule has 0 radical (unpaired) electrons. The Hall–Kier alpha value is -3.32. The summed E-state index contributed by atoms with van der Waals surface area (Å²) in [7, 11) is -9.30. The molecule has 36 heavy (non-hydrogen) atoms. The number of fused-ring (bicyclic) bond motifs is 1. The number of ether oxygens (including phenoxy) is 2. The van der Waals surface area contributed by atoms with E-state index in [0.29, 0.717) is 11.1 Å². The van der Waals surface area contributed by atoms with Gasteiger partial charge in [0.05, 0.1) is 18.1 Å². The van der Waals surface area contributed by atoms with E-state index < -0.39 is 65.6 Å². The molecule has 0 N–H and O–H groups in total. The van der Waals surface area contributed by atoms with Crippen LogP contribution in [0, 0.1) is 0 Å². The number of esters is 2. The van der Waals surface area contributed by atoms with Crippen molar-refractivity contribution in [3.63, 3.8) is 0 Å². The number of benzene rings is 2. The lowest BCUT2D eigenvalue weighted by Gasteiger charge is -2.33. The number of nitrogens with zero attached hydrogens (tertiary/aromatic N) is 3. The Balaban J connectivity index is 1.88. The molecule has 13 heteroatoms. The van der Waals surface area contributed by atoms with Crippen LogP contribution in [0.1, 0.15) is 25.0 Å². The first-order valence-corrected chi connectivity index (χ1v) is 14.3. The Labute approximate surface area is 208 Å². The molecule has 0 amide bonds. The lowest BCUT2D eigenvalue weighted by molar-refractivity contribution is -0.162. The summed E-state index contributed by atoms with van der Waals surface area (Å²) >= 11 is 0. The zero-order valence-corrected chi connectivity index (χ0v) is 21.2. The van der Waals surface area contributed by atoms with E-state index in [2.05, 4.69) is 10.3 Å². The molecule has 2 aromatic rings. The Morgan fingerprint density at radius 1 is 0.861 bits per heavy atom. The maximum atomic E-state index is 14.1. The van der Waals surface area contributed by atoms with Gasteiger partial charge in [-0.3, -0.25) is 14.6 Å². The van der Waals surface area contributed by atoms with Crippen LogP contribution in [0.4, 0.5) is 0 Å². The fourth-order valence-electron chi connectivity index (χ4n) is 4.57. The summed E-state index contributed by atoms with van der Waals surface area (Å²) in [6.07, 6.45) is -2.59. The molecule has 3 atom stereocenters. The summed E-state index contributed by atoms with van der Waals surface area (Å²) in [5.41, 5.74) is 0.693. The van der Waals surface area contributed by atoms with Crippen molar-refractivity contribution in [1.29, 1.82) is 0 Å². The van der Waals surface area contributed by atoms with Crippen molar-refractivity contribution < 1.29 is 35.9 Å². The second-order valence-electron chi connectivity index (χ2n) is 8.60. The molecular formula is C23H25N3O8S2. The summed E-state index contributed by atoms with van der Waals surface area (Å²) < 4.78 is 64.1. The van der Waals surface area contributed by atoms with Gasteiger partial charge in [-0.25, -0.2) is 16.8 Å². The van der Waals surface area contributed by atoms with E-state index in [1.165, 1.54) is 0 Å². The quantitative estimate of drug-likeness (QED) is 0.461. The van der Waals surface area contributed by atoms with Crippen LogP contribution in [-0.4, -0.2) is 62.8 Å². The lowest BCUT2D eigenvalue weighted by Crippen LogP contribution is -2.59. The fraction of sp³-hybridized carbons (Fsp3) is 0.391. The van der Waals surface area contributed by atoms with Gasteiger partial charge in [-0.05, 0) is 11.1 Å². The third kappa shape index (κ3) is 4.60. The van der Waals surface area contributed by atoms with Gasteiger partial charge in [-0.1, -0.05) is 65.9 Å². The minimum Gasteiger partial charge on any atom is -0.457 e. The normalized spacial score (nSPS) is 22.7. The van der Waals surface area contributed by atoms with E-state index in [0.717, 1.165) is 18.9 Å². The number of carbonyl (C=O) groups excluding carboxylic acids is 2. The van der Waals surface area contributed by atoms with E-state index >= 15 is 0 Å². The van der Waals surface area contributed by atoms with Crippen LogP contribution in [0.3, 0.4) is 0 Å². The first-order chi connectivity index (χ1) is 17.0. The van der Waals surface area contributed by atoms with Gasteiger partial charge in [-0.2, -0.15) is 0 Å². The molecule has 11 nitrogen and oxygen atoms in total. The van der Waals surface area contributed by atoms with Crippen LogP contribution >= 0.6 is 0 Å². The van der Waals surface area contributed by atoms with Crippen molar-refractivity contribution in [1.82, 2.24) is 5.01 Å². The number of rotatable bonds is 8. The SMILES string of the molecule is CC(=O)O[C@@H]1[C@H](OC(C)=O)CN2N=NC(S(=O)(=O)Cc3ccccc3)(S(=O)(=O)Cc3ccccc3)[C@@H]12. The standard InChI is InChI=1S/C23H25N3O8S2/c1-16(27)33-20-13-26-22(21(20)34-17(2)28)23(24-25-26,35(29,30)14-18-9-5-3-6-10-18)36(31,32)15-19-11-7-4-8-12-19/h3-12,20-22H,13-15H2,1-2H3/t20-,21-,22-/m1/s1. The average Bonchev–Trinajstić information content (AvgIpc) is 3.33. The minimum atomic E-state index is -4.65. The molecule has 1 saturated heterocycles. The summed E-state index contributed by atoms with van der Waals surface area (Å²) in [5.74, 6) is -2.83. The average molecular weight is 536 g/mol. The summed E-state index contributed by atoms with van der Waals surface area (Å²) in [5, 5.41) is 8.92. The summed E-state index contributed by atoms with van der Waals surface area (Å²) in [6, 6.07) is 14.6. The fourth-order valence-corrected chi connectivity index (χ4v) is 9.72. The Bertz CT molecular complexity index is 1310. The van der Waals surface area contributed by atoms with Crippen LogP contribution in [0.25, 0.3) is 0 Å². The lowest BCUT2D eigenvalue weighted by atomic mass is 10.1. The van der Waals surface area contributed by atoms with E-state index in [4.69, 9.17) is 9.47 Å². The monoisotopic (exact) mass is 535 g/mol. The largest absolute Gasteiger partial charge is 0.457 e. The molecule has 0 spiro atoms. The van der Waals surface area contributed by atoms with E-state index in [1.807, 2.05) is 0 Å². The molecule has 2 aliphatic rings.